The van der Waals surface area contributed by atoms with E-state index >= 15 is 0 Å². The summed E-state index contributed by atoms with van der Waals surface area (Å²) in [4.78, 5) is 11.1. The van der Waals surface area contributed by atoms with Gasteiger partial charge in [-0.25, -0.2) is 4.98 Å². The van der Waals surface area contributed by atoms with Crippen molar-refractivity contribution in [3.8, 4) is 0 Å². The van der Waals surface area contributed by atoms with Crippen LogP contribution in [0, 0.1) is 6.92 Å². The number of hydrogen-bond acceptors (Lipinski definition) is 4. The van der Waals surface area contributed by atoms with Crippen LogP contribution in [0.1, 0.15) is 29.1 Å². The van der Waals surface area contributed by atoms with Crippen molar-refractivity contribution >= 4 is 11.3 Å². The minimum absolute atomic E-state index is 0.818. The summed E-state index contributed by atoms with van der Waals surface area (Å²) in [5.41, 5.74) is 0. The van der Waals surface area contributed by atoms with Gasteiger partial charge in [-0.15, -0.1) is 11.3 Å². The van der Waals surface area contributed by atoms with E-state index in [0.717, 1.165) is 12.6 Å². The lowest BCUT2D eigenvalue weighted by atomic mass is 10.2. The number of nitrogens with zero attached hydrogens (tertiary/aromatic N) is 3. The van der Waals surface area contributed by atoms with Crippen LogP contribution >= 0.6 is 11.3 Å². The number of aromatic nitrogens is 1. The molecule has 1 aromatic rings. The lowest BCUT2D eigenvalue weighted by molar-refractivity contribution is 0.215. The predicted octanol–water partition coefficient (Wildman–Crippen LogP) is 2.12. The zero-order valence-corrected chi connectivity index (χ0v) is 11.4. The molecule has 0 N–H and O–H groups in total. The van der Waals surface area contributed by atoms with Gasteiger partial charge < -0.3 is 0 Å². The zero-order chi connectivity index (χ0) is 11.7. The number of rotatable bonds is 2. The third kappa shape index (κ3) is 2.69. The maximum absolute atomic E-state index is 4.49. The first-order chi connectivity index (χ1) is 8.31. The number of hydrogen-bond donors (Lipinski definition) is 0. The SMILES string of the molecule is Cc1cnc(CN2CCCN3CCCC3C2)s1. The van der Waals surface area contributed by atoms with Gasteiger partial charge in [0.2, 0.25) is 0 Å². The Bertz CT molecular complexity index is 376. The first-order valence-corrected chi connectivity index (χ1v) is 7.50. The van der Waals surface area contributed by atoms with E-state index in [2.05, 4.69) is 21.7 Å². The van der Waals surface area contributed by atoms with Crippen LogP contribution < -0.4 is 0 Å². The van der Waals surface area contributed by atoms with Crippen LogP contribution in [0.4, 0.5) is 0 Å². The molecule has 4 heteroatoms. The summed E-state index contributed by atoms with van der Waals surface area (Å²) in [5.74, 6) is 0. The molecule has 2 fully saturated rings. The molecule has 0 radical (unpaired) electrons. The van der Waals surface area contributed by atoms with Crippen molar-refractivity contribution in [2.45, 2.75) is 38.8 Å². The third-order valence-electron chi connectivity index (χ3n) is 3.92. The molecule has 3 heterocycles. The highest BCUT2D eigenvalue weighted by Gasteiger charge is 2.28. The molecule has 0 amide bonds. The van der Waals surface area contributed by atoms with Crippen molar-refractivity contribution in [3.05, 3.63) is 16.1 Å². The molecule has 1 unspecified atom stereocenters. The summed E-state index contributed by atoms with van der Waals surface area (Å²) in [6.45, 7) is 8.32. The average Bonchev–Trinajstić information content (AvgIpc) is 2.85. The van der Waals surface area contributed by atoms with Crippen LogP contribution in [-0.4, -0.2) is 47.0 Å². The fraction of sp³-hybridized carbons (Fsp3) is 0.769. The second-order valence-electron chi connectivity index (χ2n) is 5.29. The van der Waals surface area contributed by atoms with Gasteiger partial charge in [0.25, 0.3) is 0 Å². The molecule has 0 aliphatic carbocycles. The second-order valence-corrected chi connectivity index (χ2v) is 6.60. The van der Waals surface area contributed by atoms with Gasteiger partial charge in [0.05, 0.1) is 6.54 Å². The summed E-state index contributed by atoms with van der Waals surface area (Å²) < 4.78 is 0. The molecule has 1 atom stereocenters. The van der Waals surface area contributed by atoms with Crippen LogP contribution in [-0.2, 0) is 6.54 Å². The second kappa shape index (κ2) is 5.04. The Hall–Kier alpha value is -0.450. The number of thiazole rings is 1. The van der Waals surface area contributed by atoms with Gasteiger partial charge in [0.1, 0.15) is 5.01 Å². The van der Waals surface area contributed by atoms with E-state index < -0.39 is 0 Å². The fourth-order valence-electron chi connectivity index (χ4n) is 3.09. The third-order valence-corrected chi connectivity index (χ3v) is 4.81. The Morgan fingerprint density at radius 2 is 2.24 bits per heavy atom. The van der Waals surface area contributed by atoms with Gasteiger partial charge in [-0.1, -0.05) is 0 Å². The van der Waals surface area contributed by atoms with Gasteiger partial charge in [-0.3, -0.25) is 9.80 Å². The highest BCUT2D eigenvalue weighted by Crippen LogP contribution is 2.23. The van der Waals surface area contributed by atoms with E-state index in [4.69, 9.17) is 0 Å². The van der Waals surface area contributed by atoms with Crippen molar-refractivity contribution in [2.75, 3.05) is 26.2 Å². The van der Waals surface area contributed by atoms with E-state index in [0.29, 0.717) is 0 Å². The zero-order valence-electron chi connectivity index (χ0n) is 10.6. The predicted molar refractivity (Wildman–Crippen MR) is 71.3 cm³/mol. The maximum atomic E-state index is 4.49. The van der Waals surface area contributed by atoms with Gasteiger partial charge in [-0.05, 0) is 45.8 Å². The van der Waals surface area contributed by atoms with Gasteiger partial charge in [0.15, 0.2) is 0 Å². The van der Waals surface area contributed by atoms with Crippen molar-refractivity contribution in [1.29, 1.82) is 0 Å². The molecule has 2 aliphatic heterocycles. The Labute approximate surface area is 107 Å². The Morgan fingerprint density at radius 1 is 1.35 bits per heavy atom. The monoisotopic (exact) mass is 251 g/mol. The van der Waals surface area contributed by atoms with Gasteiger partial charge in [0, 0.05) is 23.7 Å². The molecular formula is C13H21N3S. The lowest BCUT2D eigenvalue weighted by Gasteiger charge is -2.24. The van der Waals surface area contributed by atoms with Crippen molar-refractivity contribution < 1.29 is 0 Å². The molecule has 2 aliphatic rings. The first-order valence-electron chi connectivity index (χ1n) is 6.69. The van der Waals surface area contributed by atoms with E-state index in [1.807, 2.05) is 17.5 Å². The first kappa shape index (κ1) is 11.6. The van der Waals surface area contributed by atoms with E-state index in [-0.39, 0.29) is 0 Å². The lowest BCUT2D eigenvalue weighted by Crippen LogP contribution is -2.36. The fourth-order valence-corrected chi connectivity index (χ4v) is 3.92. The average molecular weight is 251 g/mol. The molecule has 2 saturated heterocycles. The highest BCUT2D eigenvalue weighted by atomic mass is 32.1. The summed E-state index contributed by atoms with van der Waals surface area (Å²) in [5, 5.41) is 1.29. The van der Waals surface area contributed by atoms with Gasteiger partial charge >= 0.3 is 0 Å². The molecule has 17 heavy (non-hydrogen) atoms. The van der Waals surface area contributed by atoms with Crippen LogP contribution in [0.15, 0.2) is 6.20 Å². The molecule has 0 saturated carbocycles. The molecular weight excluding hydrogens is 230 g/mol. The summed E-state index contributed by atoms with van der Waals surface area (Å²) in [6, 6.07) is 0.818. The normalized spacial score (nSPS) is 27.0. The van der Waals surface area contributed by atoms with Crippen molar-refractivity contribution in [2.24, 2.45) is 0 Å². The van der Waals surface area contributed by atoms with E-state index in [1.165, 1.54) is 55.3 Å². The van der Waals surface area contributed by atoms with Crippen LogP contribution in [0.3, 0.4) is 0 Å². The molecule has 0 spiro atoms. The molecule has 3 rings (SSSR count). The Kier molecular flexibility index (Phi) is 3.45. The number of aryl methyl sites for hydroxylation is 1. The van der Waals surface area contributed by atoms with Gasteiger partial charge in [-0.2, -0.15) is 0 Å². The standard InChI is InChI=1S/C13H21N3S/c1-11-8-14-13(17-11)10-15-5-3-7-16-6-2-4-12(16)9-15/h8,12H,2-7,9-10H2,1H3. The highest BCUT2D eigenvalue weighted by molar-refractivity contribution is 7.11. The molecule has 3 nitrogen and oxygen atoms in total. The van der Waals surface area contributed by atoms with E-state index in [1.54, 1.807) is 0 Å². The smallest absolute Gasteiger partial charge is 0.107 e. The largest absolute Gasteiger partial charge is 0.299 e. The molecule has 94 valence electrons. The Morgan fingerprint density at radius 3 is 3.06 bits per heavy atom. The topological polar surface area (TPSA) is 19.4 Å². The van der Waals surface area contributed by atoms with Crippen LogP contribution in [0.5, 0.6) is 0 Å². The van der Waals surface area contributed by atoms with Crippen LogP contribution in [0.2, 0.25) is 0 Å². The summed E-state index contributed by atoms with van der Waals surface area (Å²) in [7, 11) is 0. The molecule has 0 aromatic carbocycles. The van der Waals surface area contributed by atoms with Crippen molar-refractivity contribution in [1.82, 2.24) is 14.8 Å². The minimum Gasteiger partial charge on any atom is -0.299 e. The summed E-state index contributed by atoms with van der Waals surface area (Å²) in [6.07, 6.45) is 6.11. The Balaban J connectivity index is 1.63. The maximum Gasteiger partial charge on any atom is 0.107 e. The molecule has 0 bridgehead atoms. The molecule has 1 aromatic heterocycles. The van der Waals surface area contributed by atoms with Crippen LogP contribution in [0.25, 0.3) is 0 Å². The number of fused-ring (bicyclic) bond motifs is 1. The summed E-state index contributed by atoms with van der Waals surface area (Å²) >= 11 is 1.85. The van der Waals surface area contributed by atoms with E-state index in [9.17, 15) is 0 Å². The van der Waals surface area contributed by atoms with Crippen molar-refractivity contribution in [3.63, 3.8) is 0 Å². The minimum atomic E-state index is 0.818. The quantitative estimate of drug-likeness (QED) is 0.802.